The molecule has 1 aromatic carbocycles. The third-order valence-corrected chi connectivity index (χ3v) is 3.94. The Morgan fingerprint density at radius 1 is 1.37 bits per heavy atom. The number of furan rings is 1. The van der Waals surface area contributed by atoms with Crippen molar-refractivity contribution in [1.29, 1.82) is 0 Å². The molecule has 102 valence electrons. The maximum absolute atomic E-state index is 6.32. The molecular formula is C16H20ClNO. The molecule has 2 nitrogen and oxygen atoms in total. The summed E-state index contributed by atoms with van der Waals surface area (Å²) in [5.41, 5.74) is 3.44. The summed E-state index contributed by atoms with van der Waals surface area (Å²) in [6, 6.07) is 4.64. The summed E-state index contributed by atoms with van der Waals surface area (Å²) in [6.07, 6.45) is 2.55. The highest BCUT2D eigenvalue weighted by atomic mass is 35.5. The van der Waals surface area contributed by atoms with Crippen LogP contribution in [0.1, 0.15) is 49.5 Å². The topological polar surface area (TPSA) is 25.2 Å². The van der Waals surface area contributed by atoms with Gasteiger partial charge in [0, 0.05) is 17.0 Å². The minimum Gasteiger partial charge on any atom is -0.458 e. The van der Waals surface area contributed by atoms with Gasteiger partial charge >= 0.3 is 0 Å². The molecule has 2 aromatic rings. The highest BCUT2D eigenvalue weighted by Crippen LogP contribution is 2.47. The van der Waals surface area contributed by atoms with Crippen LogP contribution in [0.2, 0.25) is 5.02 Å². The van der Waals surface area contributed by atoms with E-state index in [1.165, 1.54) is 29.4 Å². The summed E-state index contributed by atoms with van der Waals surface area (Å²) in [5.74, 6) is 1.74. The Morgan fingerprint density at radius 3 is 2.74 bits per heavy atom. The van der Waals surface area contributed by atoms with Gasteiger partial charge in [0.15, 0.2) is 5.58 Å². The molecule has 1 fully saturated rings. The van der Waals surface area contributed by atoms with Crippen molar-refractivity contribution in [3.8, 4) is 0 Å². The van der Waals surface area contributed by atoms with E-state index in [2.05, 4.69) is 32.2 Å². The van der Waals surface area contributed by atoms with Crippen LogP contribution in [0.3, 0.4) is 0 Å². The third-order valence-electron chi connectivity index (χ3n) is 3.66. The normalized spacial score (nSPS) is 15.6. The van der Waals surface area contributed by atoms with Crippen molar-refractivity contribution in [1.82, 2.24) is 5.32 Å². The van der Waals surface area contributed by atoms with E-state index in [9.17, 15) is 0 Å². The molecule has 19 heavy (non-hydrogen) atoms. The molecule has 0 radical (unpaired) electrons. The highest BCUT2D eigenvalue weighted by molar-refractivity contribution is 6.35. The van der Waals surface area contributed by atoms with Gasteiger partial charge in [-0.1, -0.05) is 25.4 Å². The van der Waals surface area contributed by atoms with Gasteiger partial charge in [-0.25, -0.2) is 0 Å². The van der Waals surface area contributed by atoms with Gasteiger partial charge in [-0.3, -0.25) is 0 Å². The Bertz CT molecular complexity index is 611. The largest absolute Gasteiger partial charge is 0.458 e. The number of aryl methyl sites for hydroxylation is 1. The highest BCUT2D eigenvalue weighted by Gasteiger charge is 2.31. The van der Waals surface area contributed by atoms with Gasteiger partial charge < -0.3 is 9.73 Å². The van der Waals surface area contributed by atoms with Gasteiger partial charge in [-0.15, -0.1) is 0 Å². The van der Waals surface area contributed by atoms with Crippen LogP contribution >= 0.6 is 11.6 Å². The first-order valence-electron chi connectivity index (χ1n) is 7.01. The molecule has 3 heteroatoms. The number of benzene rings is 1. The molecule has 0 amide bonds. The van der Waals surface area contributed by atoms with Crippen LogP contribution in [0.5, 0.6) is 0 Å². The van der Waals surface area contributed by atoms with Crippen molar-refractivity contribution in [2.45, 2.75) is 52.1 Å². The molecule has 0 atom stereocenters. The Hall–Kier alpha value is -0.990. The maximum atomic E-state index is 6.32. The molecule has 0 bridgehead atoms. The minimum absolute atomic E-state index is 0.456. The quantitative estimate of drug-likeness (QED) is 0.871. The third kappa shape index (κ3) is 2.52. The maximum Gasteiger partial charge on any atom is 0.153 e. The second-order valence-electron chi connectivity index (χ2n) is 5.87. The minimum atomic E-state index is 0.456. The molecule has 1 heterocycles. The fourth-order valence-corrected chi connectivity index (χ4v) is 2.92. The van der Waals surface area contributed by atoms with Crippen LogP contribution in [0, 0.1) is 6.92 Å². The number of nitrogens with one attached hydrogen (secondary N) is 1. The summed E-state index contributed by atoms with van der Waals surface area (Å²) < 4.78 is 6.04. The van der Waals surface area contributed by atoms with Crippen LogP contribution in [0.25, 0.3) is 11.0 Å². The first-order chi connectivity index (χ1) is 9.06. The molecule has 1 aliphatic rings. The summed E-state index contributed by atoms with van der Waals surface area (Å²) in [7, 11) is 0. The molecule has 3 rings (SSSR count). The van der Waals surface area contributed by atoms with Crippen molar-refractivity contribution < 1.29 is 4.42 Å². The standard InChI is InChI=1S/C16H20ClNO/c1-9(2)18-8-14-15(11-4-5-11)12-6-10(3)7-13(17)16(12)19-14/h6-7,9,11,18H,4-5,8H2,1-3H3. The number of hydrogen-bond donors (Lipinski definition) is 1. The summed E-state index contributed by atoms with van der Waals surface area (Å²) >= 11 is 6.32. The fraction of sp³-hybridized carbons (Fsp3) is 0.500. The Labute approximate surface area is 119 Å². The molecule has 0 unspecified atom stereocenters. The van der Waals surface area contributed by atoms with E-state index in [4.69, 9.17) is 16.0 Å². The SMILES string of the molecule is Cc1cc(Cl)c2oc(CNC(C)C)c(C3CC3)c2c1. The second kappa shape index (κ2) is 4.84. The average molecular weight is 278 g/mol. The Morgan fingerprint density at radius 2 is 2.11 bits per heavy atom. The lowest BCUT2D eigenvalue weighted by molar-refractivity contribution is 0.483. The van der Waals surface area contributed by atoms with E-state index in [-0.39, 0.29) is 0 Å². The average Bonchev–Trinajstić information content (AvgIpc) is 3.08. The van der Waals surface area contributed by atoms with Crippen LogP contribution in [0.15, 0.2) is 16.5 Å². The molecule has 1 saturated carbocycles. The van der Waals surface area contributed by atoms with Gasteiger partial charge in [-0.05, 0) is 43.4 Å². The van der Waals surface area contributed by atoms with Crippen LogP contribution in [0.4, 0.5) is 0 Å². The second-order valence-corrected chi connectivity index (χ2v) is 6.28. The predicted octanol–water partition coefficient (Wildman–Crippen LogP) is 4.77. The Balaban J connectivity index is 2.10. The zero-order valence-corrected chi connectivity index (χ0v) is 12.5. The zero-order valence-electron chi connectivity index (χ0n) is 11.7. The summed E-state index contributed by atoms with van der Waals surface area (Å²) in [6.45, 7) is 7.17. The molecular weight excluding hydrogens is 258 g/mol. The van der Waals surface area contributed by atoms with E-state index in [0.29, 0.717) is 12.0 Å². The molecule has 1 aliphatic carbocycles. The van der Waals surface area contributed by atoms with Crippen molar-refractivity contribution in [2.24, 2.45) is 0 Å². The van der Waals surface area contributed by atoms with Gasteiger partial charge in [0.05, 0.1) is 11.6 Å². The smallest absolute Gasteiger partial charge is 0.153 e. The van der Waals surface area contributed by atoms with Crippen LogP contribution in [-0.4, -0.2) is 6.04 Å². The van der Waals surface area contributed by atoms with Crippen LogP contribution < -0.4 is 5.32 Å². The zero-order chi connectivity index (χ0) is 13.6. The van der Waals surface area contributed by atoms with E-state index < -0.39 is 0 Å². The van der Waals surface area contributed by atoms with Gasteiger partial charge in [0.2, 0.25) is 0 Å². The van der Waals surface area contributed by atoms with E-state index in [0.717, 1.165) is 22.9 Å². The first-order valence-corrected chi connectivity index (χ1v) is 7.39. The summed E-state index contributed by atoms with van der Waals surface area (Å²) in [5, 5.41) is 5.39. The monoisotopic (exact) mass is 277 g/mol. The first kappa shape index (κ1) is 13.0. The van der Waals surface area contributed by atoms with Crippen molar-refractivity contribution in [2.75, 3.05) is 0 Å². The fourth-order valence-electron chi connectivity index (χ4n) is 2.61. The molecule has 1 N–H and O–H groups in total. The Kier molecular flexibility index (Phi) is 3.32. The van der Waals surface area contributed by atoms with Crippen molar-refractivity contribution in [3.05, 3.63) is 34.0 Å². The van der Waals surface area contributed by atoms with Crippen molar-refractivity contribution >= 4 is 22.6 Å². The lowest BCUT2D eigenvalue weighted by atomic mass is 10.0. The number of halogens is 1. The van der Waals surface area contributed by atoms with Gasteiger partial charge in [0.1, 0.15) is 5.76 Å². The molecule has 0 aliphatic heterocycles. The predicted molar refractivity (Wildman–Crippen MR) is 79.9 cm³/mol. The molecule has 0 saturated heterocycles. The van der Waals surface area contributed by atoms with Crippen LogP contribution in [-0.2, 0) is 6.54 Å². The van der Waals surface area contributed by atoms with Gasteiger partial charge in [0.25, 0.3) is 0 Å². The number of hydrogen-bond acceptors (Lipinski definition) is 2. The van der Waals surface area contributed by atoms with Gasteiger partial charge in [-0.2, -0.15) is 0 Å². The van der Waals surface area contributed by atoms with E-state index in [1.54, 1.807) is 0 Å². The van der Waals surface area contributed by atoms with Crippen molar-refractivity contribution in [3.63, 3.8) is 0 Å². The summed E-state index contributed by atoms with van der Waals surface area (Å²) in [4.78, 5) is 0. The number of rotatable bonds is 4. The van der Waals surface area contributed by atoms with E-state index >= 15 is 0 Å². The molecule has 0 spiro atoms. The van der Waals surface area contributed by atoms with E-state index in [1.807, 2.05) is 6.07 Å². The lowest BCUT2D eigenvalue weighted by Gasteiger charge is -2.07. The number of fused-ring (bicyclic) bond motifs is 1. The lowest BCUT2D eigenvalue weighted by Crippen LogP contribution is -2.22. The molecule has 1 aromatic heterocycles.